The quantitative estimate of drug-likeness (QED) is 0.901. The normalized spacial score (nSPS) is 21.1. The maximum atomic E-state index is 12.8. The number of para-hydroxylation sites is 1. The van der Waals surface area contributed by atoms with Gasteiger partial charge in [-0.1, -0.05) is 18.2 Å². The van der Waals surface area contributed by atoms with Gasteiger partial charge in [-0.25, -0.2) is 0 Å². The van der Waals surface area contributed by atoms with Crippen molar-refractivity contribution in [3.8, 4) is 5.75 Å². The Morgan fingerprint density at radius 2 is 2.09 bits per heavy atom. The van der Waals surface area contributed by atoms with Crippen LogP contribution >= 0.6 is 0 Å². The van der Waals surface area contributed by atoms with Gasteiger partial charge in [0.25, 0.3) is 0 Å². The van der Waals surface area contributed by atoms with Crippen molar-refractivity contribution in [2.75, 3.05) is 13.7 Å². The van der Waals surface area contributed by atoms with Gasteiger partial charge in [-0.3, -0.25) is 9.59 Å². The highest BCUT2D eigenvalue weighted by atomic mass is 16.5. The Hall–Kier alpha value is -2.04. The molecule has 1 aromatic rings. The van der Waals surface area contributed by atoms with E-state index in [9.17, 15) is 9.59 Å². The Kier molecular flexibility index (Phi) is 4.32. The molecule has 3 rings (SSSR count). The van der Waals surface area contributed by atoms with Gasteiger partial charge in [0.15, 0.2) is 0 Å². The number of amides is 2. The fourth-order valence-corrected chi connectivity index (χ4v) is 2.97. The lowest BCUT2D eigenvalue weighted by atomic mass is 9.97. The Balaban J connectivity index is 1.72. The van der Waals surface area contributed by atoms with Gasteiger partial charge in [0.1, 0.15) is 5.75 Å². The first kappa shape index (κ1) is 14.9. The maximum Gasteiger partial charge on any atom is 0.228 e. The van der Waals surface area contributed by atoms with Crippen LogP contribution in [0.4, 0.5) is 0 Å². The third-order valence-electron chi connectivity index (χ3n) is 4.42. The number of rotatable bonds is 5. The van der Waals surface area contributed by atoms with Crippen molar-refractivity contribution >= 4 is 11.8 Å². The van der Waals surface area contributed by atoms with Gasteiger partial charge in [-0.05, 0) is 25.3 Å². The average Bonchev–Trinajstić information content (AvgIpc) is 3.38. The molecule has 2 fully saturated rings. The minimum absolute atomic E-state index is 0.0479. The second-order valence-electron chi connectivity index (χ2n) is 6.05. The molecule has 1 saturated carbocycles. The number of piperidine rings is 1. The number of nitrogens with zero attached hydrogens (tertiary/aromatic N) is 1. The van der Waals surface area contributed by atoms with E-state index in [4.69, 9.17) is 4.74 Å². The van der Waals surface area contributed by atoms with E-state index in [1.165, 1.54) is 0 Å². The van der Waals surface area contributed by atoms with Gasteiger partial charge in [0, 0.05) is 31.1 Å². The number of carbonyl (C=O) groups excluding carboxylic acids is 2. The van der Waals surface area contributed by atoms with E-state index in [2.05, 4.69) is 5.32 Å². The molecule has 0 bridgehead atoms. The third kappa shape index (κ3) is 3.24. The molecule has 1 aliphatic carbocycles. The van der Waals surface area contributed by atoms with Crippen molar-refractivity contribution in [1.29, 1.82) is 0 Å². The third-order valence-corrected chi connectivity index (χ3v) is 4.42. The molecule has 1 atom stereocenters. The largest absolute Gasteiger partial charge is 0.496 e. The van der Waals surface area contributed by atoms with E-state index >= 15 is 0 Å². The summed E-state index contributed by atoms with van der Waals surface area (Å²) >= 11 is 0. The average molecular weight is 302 g/mol. The highest BCUT2D eigenvalue weighted by Crippen LogP contribution is 2.32. The molecule has 0 radical (unpaired) electrons. The zero-order valence-corrected chi connectivity index (χ0v) is 12.9. The summed E-state index contributed by atoms with van der Waals surface area (Å²) in [5, 5.41) is 2.80. The number of methoxy groups -OCH3 is 1. The molecule has 1 aromatic carbocycles. The molecule has 1 unspecified atom stereocenters. The van der Waals surface area contributed by atoms with Crippen molar-refractivity contribution in [2.45, 2.75) is 38.3 Å². The number of hydrogen-bond acceptors (Lipinski definition) is 3. The second kappa shape index (κ2) is 6.38. The van der Waals surface area contributed by atoms with Gasteiger partial charge in [-0.2, -0.15) is 0 Å². The van der Waals surface area contributed by atoms with Crippen molar-refractivity contribution in [3.05, 3.63) is 29.8 Å². The first-order chi connectivity index (χ1) is 10.7. The molecular formula is C17H22N2O3. The highest BCUT2D eigenvalue weighted by Gasteiger charge is 2.37. The highest BCUT2D eigenvalue weighted by molar-refractivity contribution is 5.84. The van der Waals surface area contributed by atoms with Crippen molar-refractivity contribution in [2.24, 2.45) is 5.92 Å². The number of benzene rings is 1. The Morgan fingerprint density at radius 3 is 2.73 bits per heavy atom. The molecule has 1 N–H and O–H groups in total. The van der Waals surface area contributed by atoms with Crippen LogP contribution in [0.3, 0.4) is 0 Å². The molecule has 1 saturated heterocycles. The standard InChI is InChI=1S/C17H22N2O3/c1-22-15-5-3-2-4-13(15)11-19(14-7-8-14)17(21)12-6-9-16(20)18-10-12/h2-5,12,14H,6-11H2,1H3,(H,18,20). The predicted molar refractivity (Wildman–Crippen MR) is 82.3 cm³/mol. The SMILES string of the molecule is COc1ccccc1CN(C(=O)C1CCC(=O)NC1)C1CC1. The summed E-state index contributed by atoms with van der Waals surface area (Å²) < 4.78 is 5.39. The molecule has 5 heteroatoms. The molecule has 22 heavy (non-hydrogen) atoms. The lowest BCUT2D eigenvalue weighted by Crippen LogP contribution is -2.45. The van der Waals surface area contributed by atoms with Crippen LogP contribution in [0.5, 0.6) is 5.75 Å². The van der Waals surface area contributed by atoms with E-state index in [0.717, 1.165) is 24.2 Å². The summed E-state index contributed by atoms with van der Waals surface area (Å²) in [6.07, 6.45) is 3.24. The minimum Gasteiger partial charge on any atom is -0.496 e. The van der Waals surface area contributed by atoms with Crippen LogP contribution in [0.25, 0.3) is 0 Å². The molecule has 0 spiro atoms. The second-order valence-corrected chi connectivity index (χ2v) is 6.05. The number of ether oxygens (including phenoxy) is 1. The summed E-state index contributed by atoms with van der Waals surface area (Å²) in [6, 6.07) is 8.17. The van der Waals surface area contributed by atoms with Crippen molar-refractivity contribution in [3.63, 3.8) is 0 Å². The monoisotopic (exact) mass is 302 g/mol. The van der Waals surface area contributed by atoms with Crippen LogP contribution in [0, 0.1) is 5.92 Å². The smallest absolute Gasteiger partial charge is 0.228 e. The van der Waals surface area contributed by atoms with Gasteiger partial charge in [0.05, 0.1) is 13.0 Å². The van der Waals surface area contributed by atoms with E-state index < -0.39 is 0 Å². The van der Waals surface area contributed by atoms with E-state index in [-0.39, 0.29) is 17.7 Å². The zero-order chi connectivity index (χ0) is 15.5. The van der Waals surface area contributed by atoms with Gasteiger partial charge in [-0.15, -0.1) is 0 Å². The fourth-order valence-electron chi connectivity index (χ4n) is 2.97. The summed E-state index contributed by atoms with van der Waals surface area (Å²) in [5.41, 5.74) is 1.03. The lowest BCUT2D eigenvalue weighted by Gasteiger charge is -2.30. The first-order valence-corrected chi connectivity index (χ1v) is 7.88. The molecule has 118 valence electrons. The van der Waals surface area contributed by atoms with Crippen LogP contribution < -0.4 is 10.1 Å². The van der Waals surface area contributed by atoms with Gasteiger partial charge in [0.2, 0.25) is 11.8 Å². The van der Waals surface area contributed by atoms with Crippen LogP contribution in [0.2, 0.25) is 0 Å². The topological polar surface area (TPSA) is 58.6 Å². The summed E-state index contributed by atoms with van der Waals surface area (Å²) in [6.45, 7) is 1.05. The molecule has 2 aliphatic rings. The molecule has 1 aliphatic heterocycles. The molecule has 1 heterocycles. The summed E-state index contributed by atoms with van der Waals surface area (Å²) in [7, 11) is 1.65. The van der Waals surface area contributed by atoms with Crippen LogP contribution in [0.1, 0.15) is 31.2 Å². The summed E-state index contributed by atoms with van der Waals surface area (Å²) in [5.74, 6) is 0.936. The van der Waals surface area contributed by atoms with E-state index in [1.54, 1.807) is 7.11 Å². The molecule has 0 aromatic heterocycles. The maximum absolute atomic E-state index is 12.8. The first-order valence-electron chi connectivity index (χ1n) is 7.88. The summed E-state index contributed by atoms with van der Waals surface area (Å²) in [4.78, 5) is 26.1. The van der Waals surface area contributed by atoms with Gasteiger partial charge < -0.3 is 15.0 Å². The minimum atomic E-state index is -0.0898. The predicted octanol–water partition coefficient (Wildman–Crippen LogP) is 1.71. The number of hydrogen-bond donors (Lipinski definition) is 1. The van der Waals surface area contributed by atoms with Gasteiger partial charge >= 0.3 is 0 Å². The molecule has 5 nitrogen and oxygen atoms in total. The molecular weight excluding hydrogens is 280 g/mol. The fraction of sp³-hybridized carbons (Fsp3) is 0.529. The Bertz CT molecular complexity index is 559. The van der Waals surface area contributed by atoms with Crippen molar-refractivity contribution < 1.29 is 14.3 Å². The van der Waals surface area contributed by atoms with Crippen LogP contribution in [0.15, 0.2) is 24.3 Å². The van der Waals surface area contributed by atoms with E-state index in [1.807, 2.05) is 29.2 Å². The van der Waals surface area contributed by atoms with Crippen molar-refractivity contribution in [1.82, 2.24) is 10.2 Å². The van der Waals surface area contributed by atoms with Crippen LogP contribution in [-0.2, 0) is 16.1 Å². The molecule has 2 amide bonds. The van der Waals surface area contributed by atoms with E-state index in [0.29, 0.717) is 32.0 Å². The number of carbonyl (C=O) groups is 2. The Labute approximate surface area is 130 Å². The lowest BCUT2D eigenvalue weighted by molar-refractivity contribution is -0.138. The number of nitrogens with one attached hydrogen (secondary N) is 1. The zero-order valence-electron chi connectivity index (χ0n) is 12.9. The Morgan fingerprint density at radius 1 is 1.32 bits per heavy atom. The van der Waals surface area contributed by atoms with Crippen LogP contribution in [-0.4, -0.2) is 36.4 Å².